The van der Waals surface area contributed by atoms with Crippen molar-refractivity contribution in [3.8, 4) is 0 Å². The number of hydrogen-bond donors (Lipinski definition) is 2. The van der Waals surface area contributed by atoms with Gasteiger partial charge in [-0.1, -0.05) is 32.0 Å². The lowest BCUT2D eigenvalue weighted by Crippen LogP contribution is -2.02. The molecule has 0 unspecified atom stereocenters. The summed E-state index contributed by atoms with van der Waals surface area (Å²) in [6.07, 6.45) is 1.14. The lowest BCUT2D eigenvalue weighted by Gasteiger charge is -2.03. The van der Waals surface area contributed by atoms with Gasteiger partial charge in [-0.3, -0.25) is 0 Å². The van der Waals surface area contributed by atoms with Crippen molar-refractivity contribution < 1.29 is 0 Å². The van der Waals surface area contributed by atoms with E-state index in [0.29, 0.717) is 11.3 Å². The van der Waals surface area contributed by atoms with Crippen LogP contribution in [0.3, 0.4) is 0 Å². The first-order valence-electron chi connectivity index (χ1n) is 6.84. The Hall–Kier alpha value is -1.28. The van der Waals surface area contributed by atoms with Gasteiger partial charge in [-0.25, -0.2) is 0 Å². The van der Waals surface area contributed by atoms with Crippen LogP contribution in [-0.4, -0.2) is 11.5 Å². The standard InChI is InChI=1S/C16H22N2/c1-10-14(11-6-4-5-7-13(11)18-10)15-12(8-9-17)16(15,2)3/h4-7,12,15,18H,8-9,17H2,1-3H3/t12-,15-/m0/s1. The predicted octanol–water partition coefficient (Wildman–Crippen LogP) is 3.56. The number of nitrogens with two attached hydrogens (primary N) is 1. The summed E-state index contributed by atoms with van der Waals surface area (Å²) in [6, 6.07) is 8.63. The van der Waals surface area contributed by atoms with Crippen LogP contribution in [-0.2, 0) is 0 Å². The van der Waals surface area contributed by atoms with Gasteiger partial charge in [0, 0.05) is 16.6 Å². The third-order valence-electron chi connectivity index (χ3n) is 4.78. The Morgan fingerprint density at radius 3 is 2.72 bits per heavy atom. The Bertz CT molecular complexity index is 580. The third-order valence-corrected chi connectivity index (χ3v) is 4.78. The molecule has 0 amide bonds. The maximum Gasteiger partial charge on any atom is 0.0458 e. The first-order valence-corrected chi connectivity index (χ1v) is 6.84. The molecule has 3 rings (SSSR count). The Morgan fingerprint density at radius 1 is 1.28 bits per heavy atom. The van der Waals surface area contributed by atoms with E-state index in [4.69, 9.17) is 5.73 Å². The van der Waals surface area contributed by atoms with Crippen molar-refractivity contribution in [3.63, 3.8) is 0 Å². The van der Waals surface area contributed by atoms with Crippen LogP contribution in [0.2, 0.25) is 0 Å². The molecule has 0 saturated heterocycles. The minimum atomic E-state index is 0.398. The maximum atomic E-state index is 5.75. The van der Waals surface area contributed by atoms with Gasteiger partial charge in [0.15, 0.2) is 0 Å². The van der Waals surface area contributed by atoms with Crippen LogP contribution < -0.4 is 5.73 Å². The van der Waals surface area contributed by atoms with Crippen molar-refractivity contribution in [1.29, 1.82) is 0 Å². The fourth-order valence-electron chi connectivity index (χ4n) is 3.73. The molecule has 1 fully saturated rings. The van der Waals surface area contributed by atoms with E-state index in [2.05, 4.69) is 50.0 Å². The summed E-state index contributed by atoms with van der Waals surface area (Å²) in [6.45, 7) is 7.74. The first kappa shape index (κ1) is 11.8. The number of para-hydroxylation sites is 1. The first-order chi connectivity index (χ1) is 8.57. The third kappa shape index (κ3) is 1.52. The Kier molecular flexibility index (Phi) is 2.53. The van der Waals surface area contributed by atoms with Gasteiger partial charge in [0.2, 0.25) is 0 Å². The van der Waals surface area contributed by atoms with Crippen molar-refractivity contribution in [2.45, 2.75) is 33.1 Å². The van der Waals surface area contributed by atoms with Crippen molar-refractivity contribution in [1.82, 2.24) is 4.98 Å². The van der Waals surface area contributed by atoms with Gasteiger partial charge >= 0.3 is 0 Å². The number of benzene rings is 1. The highest BCUT2D eigenvalue weighted by atomic mass is 14.7. The second-order valence-electron chi connectivity index (χ2n) is 6.19. The van der Waals surface area contributed by atoms with Gasteiger partial charge in [0.1, 0.15) is 0 Å². The number of aromatic nitrogens is 1. The second kappa shape index (κ2) is 3.86. The second-order valence-corrected chi connectivity index (χ2v) is 6.19. The summed E-state index contributed by atoms with van der Waals surface area (Å²) in [4.78, 5) is 3.52. The van der Waals surface area contributed by atoms with Crippen LogP contribution in [0.5, 0.6) is 0 Å². The largest absolute Gasteiger partial charge is 0.358 e. The smallest absolute Gasteiger partial charge is 0.0458 e. The average molecular weight is 242 g/mol. The maximum absolute atomic E-state index is 5.75. The number of nitrogens with one attached hydrogen (secondary N) is 1. The number of rotatable bonds is 3. The Balaban J connectivity index is 2.08. The van der Waals surface area contributed by atoms with E-state index < -0.39 is 0 Å². The lowest BCUT2D eigenvalue weighted by atomic mass is 10.0. The SMILES string of the molecule is Cc1[nH]c2ccccc2c1[C@@H]1[C@H](CCN)C1(C)C. The molecule has 18 heavy (non-hydrogen) atoms. The molecule has 2 aromatic rings. The van der Waals surface area contributed by atoms with Crippen LogP contribution in [0, 0.1) is 18.3 Å². The van der Waals surface area contributed by atoms with E-state index >= 15 is 0 Å². The molecular formula is C16H22N2. The van der Waals surface area contributed by atoms with Crippen LogP contribution in [0.15, 0.2) is 24.3 Å². The molecule has 1 heterocycles. The minimum Gasteiger partial charge on any atom is -0.358 e. The summed E-state index contributed by atoms with van der Waals surface area (Å²) < 4.78 is 0. The minimum absolute atomic E-state index is 0.398. The molecule has 0 aliphatic heterocycles. The van der Waals surface area contributed by atoms with Crippen molar-refractivity contribution in [3.05, 3.63) is 35.5 Å². The highest BCUT2D eigenvalue weighted by molar-refractivity contribution is 5.85. The zero-order chi connectivity index (χ0) is 12.9. The summed E-state index contributed by atoms with van der Waals surface area (Å²) in [5.74, 6) is 1.40. The van der Waals surface area contributed by atoms with Crippen LogP contribution in [0.25, 0.3) is 10.9 Å². The molecule has 96 valence electrons. The van der Waals surface area contributed by atoms with E-state index in [9.17, 15) is 0 Å². The van der Waals surface area contributed by atoms with Crippen molar-refractivity contribution in [2.75, 3.05) is 6.54 Å². The van der Waals surface area contributed by atoms with E-state index in [1.165, 1.54) is 22.2 Å². The van der Waals surface area contributed by atoms with Crippen LogP contribution in [0.4, 0.5) is 0 Å². The Labute approximate surface area is 109 Å². The molecule has 0 spiro atoms. The quantitative estimate of drug-likeness (QED) is 0.849. The topological polar surface area (TPSA) is 41.8 Å². The fraction of sp³-hybridized carbons (Fsp3) is 0.500. The van der Waals surface area contributed by atoms with Gasteiger partial charge < -0.3 is 10.7 Å². The highest BCUT2D eigenvalue weighted by Gasteiger charge is 2.58. The zero-order valence-corrected chi connectivity index (χ0v) is 11.5. The normalized spacial score (nSPS) is 25.6. The van der Waals surface area contributed by atoms with Gasteiger partial charge in [-0.05, 0) is 48.8 Å². The monoisotopic (exact) mass is 242 g/mol. The molecule has 1 saturated carbocycles. The number of aryl methyl sites for hydroxylation is 1. The zero-order valence-electron chi connectivity index (χ0n) is 11.5. The molecule has 2 atom stereocenters. The number of hydrogen-bond acceptors (Lipinski definition) is 1. The molecule has 2 nitrogen and oxygen atoms in total. The van der Waals surface area contributed by atoms with Gasteiger partial charge in [0.05, 0.1) is 0 Å². The molecule has 1 aromatic carbocycles. The lowest BCUT2D eigenvalue weighted by molar-refractivity contribution is 0.534. The number of H-pyrrole nitrogens is 1. The molecule has 3 N–H and O–H groups in total. The van der Waals surface area contributed by atoms with E-state index in [0.717, 1.165) is 18.9 Å². The van der Waals surface area contributed by atoms with Gasteiger partial charge in [-0.2, -0.15) is 0 Å². The van der Waals surface area contributed by atoms with Crippen LogP contribution in [0.1, 0.15) is 37.4 Å². The van der Waals surface area contributed by atoms with Gasteiger partial charge in [-0.15, -0.1) is 0 Å². The van der Waals surface area contributed by atoms with Crippen molar-refractivity contribution in [2.24, 2.45) is 17.1 Å². The van der Waals surface area contributed by atoms with E-state index in [-0.39, 0.29) is 0 Å². The summed E-state index contributed by atoms with van der Waals surface area (Å²) in [5, 5.41) is 1.40. The molecule has 1 aliphatic carbocycles. The molecule has 2 heteroatoms. The molecular weight excluding hydrogens is 220 g/mol. The Morgan fingerprint density at radius 2 is 2.00 bits per heavy atom. The van der Waals surface area contributed by atoms with E-state index in [1.807, 2.05) is 0 Å². The van der Waals surface area contributed by atoms with Crippen molar-refractivity contribution >= 4 is 10.9 Å². The molecule has 1 aromatic heterocycles. The summed E-state index contributed by atoms with van der Waals surface area (Å²) >= 11 is 0. The molecule has 1 aliphatic rings. The van der Waals surface area contributed by atoms with Crippen LogP contribution >= 0.6 is 0 Å². The predicted molar refractivity (Wildman–Crippen MR) is 76.7 cm³/mol. The summed E-state index contributed by atoms with van der Waals surface area (Å²) in [7, 11) is 0. The summed E-state index contributed by atoms with van der Waals surface area (Å²) in [5.41, 5.74) is 10.3. The van der Waals surface area contributed by atoms with Gasteiger partial charge in [0.25, 0.3) is 0 Å². The highest BCUT2D eigenvalue weighted by Crippen LogP contribution is 2.67. The average Bonchev–Trinajstić information content (AvgIpc) is 2.70. The fourth-order valence-corrected chi connectivity index (χ4v) is 3.73. The number of aromatic amines is 1. The molecule has 0 radical (unpaired) electrons. The molecule has 0 bridgehead atoms. The number of fused-ring (bicyclic) bond motifs is 1. The van der Waals surface area contributed by atoms with E-state index in [1.54, 1.807) is 0 Å².